The predicted molar refractivity (Wildman–Crippen MR) is 135 cm³/mol. The maximum absolute atomic E-state index is 13.0. The number of β-lactam (4-membered cyclic amide) rings is 1. The van der Waals surface area contributed by atoms with Crippen molar-refractivity contribution in [1.82, 2.24) is 25.0 Å². The van der Waals surface area contributed by atoms with Crippen molar-refractivity contribution in [3.8, 4) is 0 Å². The van der Waals surface area contributed by atoms with E-state index < -0.39 is 46.2 Å². The van der Waals surface area contributed by atoms with E-state index in [2.05, 4.69) is 25.7 Å². The van der Waals surface area contributed by atoms with Crippen LogP contribution in [0.1, 0.15) is 12.6 Å². The molecule has 2 fully saturated rings. The van der Waals surface area contributed by atoms with E-state index in [-0.39, 0.29) is 22.3 Å². The third-order valence-electron chi connectivity index (χ3n) is 6.00. The maximum atomic E-state index is 13.0. The zero-order valence-electron chi connectivity index (χ0n) is 20.6. The number of aliphatic carboxylic acids is 1. The molecule has 0 aliphatic carbocycles. The lowest BCUT2D eigenvalue weighted by Gasteiger charge is -2.50. The minimum atomic E-state index is -1.43. The van der Waals surface area contributed by atoms with E-state index >= 15 is 0 Å². The lowest BCUT2D eigenvalue weighted by atomic mass is 10.0. The van der Waals surface area contributed by atoms with Crippen LogP contribution in [-0.2, 0) is 28.8 Å². The Bertz CT molecular complexity index is 1210. The Balaban J connectivity index is 1.51. The van der Waals surface area contributed by atoms with E-state index in [1.807, 2.05) is 7.05 Å². The molecule has 4 amide bonds. The molecular weight excluding hydrogens is 542 g/mol. The van der Waals surface area contributed by atoms with E-state index in [1.165, 1.54) is 29.2 Å². The predicted octanol–water partition coefficient (Wildman–Crippen LogP) is -0.469. The first-order valence-corrected chi connectivity index (χ1v) is 13.2. The standard InChI is InChI=1S/C21H25N7O8S2/c1-10-15(36-21(34)27-6-4-26(2)5-7-27)14(19(32)33)28-17(31)13(18(28)38-10)24-16(30)12(25-35-3)11-8-37-20(23-11)22-9-29/h8-10,13,18H,4-7H2,1-3H3,(H,24,30)(H,32,33)(H,22,23,29)/t10?,13?,18-/m1/s1. The number of nitrogens with zero attached hydrogens (tertiary/aromatic N) is 5. The number of ether oxygens (including phenoxy) is 1. The number of amides is 4. The average Bonchev–Trinajstić information content (AvgIpc) is 3.35. The molecule has 3 aliphatic heterocycles. The van der Waals surface area contributed by atoms with Crippen LogP contribution >= 0.6 is 23.1 Å². The topological polar surface area (TPSA) is 183 Å². The number of rotatable bonds is 8. The lowest BCUT2D eigenvalue weighted by Crippen LogP contribution is -2.71. The molecule has 4 heterocycles. The molecule has 38 heavy (non-hydrogen) atoms. The molecule has 3 N–H and O–H groups in total. The quantitative estimate of drug-likeness (QED) is 0.160. The molecule has 0 radical (unpaired) electrons. The van der Waals surface area contributed by atoms with Crippen molar-refractivity contribution in [1.29, 1.82) is 0 Å². The van der Waals surface area contributed by atoms with Crippen molar-refractivity contribution in [2.24, 2.45) is 5.16 Å². The van der Waals surface area contributed by atoms with Gasteiger partial charge in [0.15, 0.2) is 22.3 Å². The molecule has 1 aromatic heterocycles. The molecule has 0 spiro atoms. The number of piperazine rings is 1. The Hall–Kier alpha value is -3.70. The van der Waals surface area contributed by atoms with Gasteiger partial charge in [0, 0.05) is 31.6 Å². The van der Waals surface area contributed by atoms with Crippen LogP contribution in [0.5, 0.6) is 0 Å². The van der Waals surface area contributed by atoms with Gasteiger partial charge in [-0.3, -0.25) is 19.3 Å². The summed E-state index contributed by atoms with van der Waals surface area (Å²) in [5.74, 6) is -3.03. The first kappa shape index (κ1) is 27.3. The number of carbonyl (C=O) groups is 5. The molecule has 17 heteroatoms. The third-order valence-corrected chi connectivity index (χ3v) is 8.16. The number of carboxylic acids is 1. The molecule has 2 unspecified atom stereocenters. The summed E-state index contributed by atoms with van der Waals surface area (Å²) in [6, 6.07) is -1.08. The highest BCUT2D eigenvalue weighted by molar-refractivity contribution is 8.00. The molecule has 3 atom stereocenters. The van der Waals surface area contributed by atoms with Gasteiger partial charge >= 0.3 is 12.1 Å². The van der Waals surface area contributed by atoms with E-state index in [0.29, 0.717) is 32.6 Å². The zero-order valence-corrected chi connectivity index (χ0v) is 22.2. The van der Waals surface area contributed by atoms with Crippen LogP contribution in [0.3, 0.4) is 0 Å². The largest absolute Gasteiger partial charge is 0.476 e. The number of hydrogen-bond acceptors (Lipinski definition) is 12. The number of thiazole rings is 1. The van der Waals surface area contributed by atoms with Gasteiger partial charge in [-0.05, 0) is 14.0 Å². The smallest absolute Gasteiger partial charge is 0.415 e. The van der Waals surface area contributed by atoms with E-state index in [1.54, 1.807) is 6.92 Å². The van der Waals surface area contributed by atoms with Crippen LogP contribution in [0.25, 0.3) is 0 Å². The molecule has 4 rings (SSSR count). The molecule has 0 saturated carbocycles. The highest BCUT2D eigenvalue weighted by Crippen LogP contribution is 2.44. The van der Waals surface area contributed by atoms with Crippen molar-refractivity contribution in [2.45, 2.75) is 23.6 Å². The molecule has 0 bridgehead atoms. The third kappa shape index (κ3) is 5.30. The molecule has 204 valence electrons. The number of likely N-dealkylation sites (N-methyl/N-ethyl adjacent to an activating group) is 1. The number of oxime groups is 1. The zero-order chi connectivity index (χ0) is 27.6. The molecule has 15 nitrogen and oxygen atoms in total. The van der Waals surface area contributed by atoms with Crippen LogP contribution < -0.4 is 10.6 Å². The number of anilines is 1. The average molecular weight is 568 g/mol. The van der Waals surface area contributed by atoms with E-state index in [9.17, 15) is 29.1 Å². The highest BCUT2D eigenvalue weighted by atomic mass is 32.2. The fraction of sp³-hybridized carbons (Fsp3) is 0.476. The van der Waals surface area contributed by atoms with Crippen LogP contribution in [0.15, 0.2) is 22.0 Å². The summed E-state index contributed by atoms with van der Waals surface area (Å²) in [5, 5.41) is 18.9. The summed E-state index contributed by atoms with van der Waals surface area (Å²) in [4.78, 5) is 75.0. The minimum absolute atomic E-state index is 0.108. The molecule has 0 aromatic carbocycles. The van der Waals surface area contributed by atoms with Gasteiger partial charge in [-0.1, -0.05) is 5.16 Å². The monoisotopic (exact) mass is 567 g/mol. The van der Waals surface area contributed by atoms with Gasteiger partial charge in [-0.25, -0.2) is 14.6 Å². The molecular formula is C21H25N7O8S2. The molecule has 2 saturated heterocycles. The van der Waals surface area contributed by atoms with Crippen molar-refractivity contribution in [3.63, 3.8) is 0 Å². The minimum Gasteiger partial charge on any atom is -0.476 e. The number of nitrogens with one attached hydrogen (secondary N) is 2. The van der Waals surface area contributed by atoms with Crippen LogP contribution in [0.4, 0.5) is 9.93 Å². The van der Waals surface area contributed by atoms with Gasteiger partial charge in [0.2, 0.25) is 6.41 Å². The Morgan fingerprint density at radius 3 is 2.61 bits per heavy atom. The summed E-state index contributed by atoms with van der Waals surface area (Å²) in [5.41, 5.74) is -0.566. The Kier molecular flexibility index (Phi) is 8.17. The van der Waals surface area contributed by atoms with Crippen LogP contribution in [0, 0.1) is 0 Å². The van der Waals surface area contributed by atoms with Crippen LogP contribution in [0.2, 0.25) is 0 Å². The first-order chi connectivity index (χ1) is 18.2. The summed E-state index contributed by atoms with van der Waals surface area (Å²) < 4.78 is 5.51. The SMILES string of the molecule is CON=C(C(=O)NC1C(=O)N2C(C(=O)O)=C(OC(=O)N3CCN(C)CC3)C(C)S[C@H]12)c1csc(NC=O)n1. The van der Waals surface area contributed by atoms with Gasteiger partial charge in [-0.2, -0.15) is 0 Å². The van der Waals surface area contributed by atoms with Gasteiger partial charge < -0.3 is 35.1 Å². The maximum Gasteiger partial charge on any atom is 0.415 e. The second-order valence-electron chi connectivity index (χ2n) is 8.43. The summed E-state index contributed by atoms with van der Waals surface area (Å²) in [6.45, 7) is 3.84. The van der Waals surface area contributed by atoms with Gasteiger partial charge in [-0.15, -0.1) is 23.1 Å². The number of carboxylic acid groups (broad SMARTS) is 1. The number of hydrogen-bond donors (Lipinski definition) is 3. The lowest BCUT2D eigenvalue weighted by molar-refractivity contribution is -0.150. The van der Waals surface area contributed by atoms with Gasteiger partial charge in [0.25, 0.3) is 11.8 Å². The van der Waals surface area contributed by atoms with Crippen molar-refractivity contribution in [2.75, 3.05) is 45.7 Å². The van der Waals surface area contributed by atoms with E-state index in [4.69, 9.17) is 9.57 Å². The Labute approximate surface area is 224 Å². The number of aromatic nitrogens is 1. The first-order valence-electron chi connectivity index (χ1n) is 11.4. The number of thioether (sulfide) groups is 1. The highest BCUT2D eigenvalue weighted by Gasteiger charge is 2.57. The Morgan fingerprint density at radius 2 is 1.97 bits per heavy atom. The van der Waals surface area contributed by atoms with Gasteiger partial charge in [0.05, 0.1) is 5.25 Å². The second-order valence-corrected chi connectivity index (χ2v) is 10.7. The molecule has 3 aliphatic rings. The van der Waals surface area contributed by atoms with Gasteiger partial charge in [0.1, 0.15) is 24.2 Å². The Morgan fingerprint density at radius 1 is 1.26 bits per heavy atom. The normalized spacial score (nSPS) is 23.8. The summed E-state index contributed by atoms with van der Waals surface area (Å²) >= 11 is 2.23. The van der Waals surface area contributed by atoms with E-state index in [0.717, 1.165) is 16.2 Å². The van der Waals surface area contributed by atoms with Crippen LogP contribution in [-0.4, -0.2) is 118 Å². The van der Waals surface area contributed by atoms with Crippen molar-refractivity contribution in [3.05, 3.63) is 22.5 Å². The summed E-state index contributed by atoms with van der Waals surface area (Å²) in [6.07, 6.45) is -0.244. The summed E-state index contributed by atoms with van der Waals surface area (Å²) in [7, 11) is 3.16. The fourth-order valence-corrected chi connectivity index (χ4v) is 6.08. The van der Waals surface area contributed by atoms with Crippen molar-refractivity contribution >= 4 is 64.2 Å². The number of fused-ring (bicyclic) bond motifs is 1. The fourth-order valence-electron chi connectivity index (χ4n) is 4.05. The second kappa shape index (κ2) is 11.4. The van der Waals surface area contributed by atoms with Crippen molar-refractivity contribution < 1.29 is 38.7 Å². The molecule has 1 aromatic rings. The number of carbonyl (C=O) groups excluding carboxylic acids is 4.